The van der Waals surface area contributed by atoms with Crippen LogP contribution in [0.5, 0.6) is 0 Å². The summed E-state index contributed by atoms with van der Waals surface area (Å²) in [4.78, 5) is 0. The minimum Gasteiger partial charge on any atom is -0.482 e. The van der Waals surface area contributed by atoms with Crippen molar-refractivity contribution in [2.45, 2.75) is 13.8 Å². The average molecular weight is 127 g/mol. The van der Waals surface area contributed by atoms with Gasteiger partial charge in [0.1, 0.15) is 0 Å². The third-order valence-corrected chi connectivity index (χ3v) is 1.23. The van der Waals surface area contributed by atoms with Gasteiger partial charge in [0.05, 0.1) is 7.11 Å². The maximum absolute atomic E-state index is 5.41. The van der Waals surface area contributed by atoms with Crippen LogP contribution in [-0.4, -0.2) is 7.11 Å². The fraction of sp³-hybridized carbons (Fsp3) is 0.429. The van der Waals surface area contributed by atoms with E-state index in [1.54, 1.807) is 7.11 Å². The zero-order valence-corrected chi connectivity index (χ0v) is 6.19. The second-order valence-electron chi connectivity index (χ2n) is 1.97. The number of hydrogen-bond acceptors (Lipinski definition) is 2. The molecule has 52 valence electrons. The zero-order valence-electron chi connectivity index (χ0n) is 6.19. The number of rotatable bonds is 2. The summed E-state index contributed by atoms with van der Waals surface area (Å²) in [7, 11) is 1.54. The summed E-state index contributed by atoms with van der Waals surface area (Å²) in [6, 6.07) is 0. The van der Waals surface area contributed by atoms with Gasteiger partial charge in [-0.15, -0.1) is 0 Å². The maximum Gasteiger partial charge on any atom is 0.186 e. The molecular formula is C7H13NO. The van der Waals surface area contributed by atoms with Gasteiger partial charge in [-0.05, 0) is 13.8 Å². The Bertz CT molecular complexity index is 147. The SMILES string of the molecule is C=C(C)/C(C)=C(/N)OC. The molecule has 0 aliphatic carbocycles. The monoisotopic (exact) mass is 127 g/mol. The fourth-order valence-corrected chi connectivity index (χ4v) is 0.363. The van der Waals surface area contributed by atoms with Gasteiger partial charge in [-0.3, -0.25) is 0 Å². The number of nitrogens with two attached hydrogens (primary N) is 1. The van der Waals surface area contributed by atoms with E-state index in [2.05, 4.69) is 6.58 Å². The molecule has 0 aromatic heterocycles. The van der Waals surface area contributed by atoms with Gasteiger partial charge in [-0.25, -0.2) is 0 Å². The molecule has 0 aromatic rings. The first-order valence-corrected chi connectivity index (χ1v) is 2.75. The molecule has 0 aliphatic heterocycles. The first-order valence-electron chi connectivity index (χ1n) is 2.75. The second kappa shape index (κ2) is 3.17. The summed E-state index contributed by atoms with van der Waals surface area (Å²) in [5.74, 6) is 0.447. The van der Waals surface area contributed by atoms with Crippen molar-refractivity contribution < 1.29 is 4.74 Å². The Balaban J connectivity index is 4.28. The second-order valence-corrected chi connectivity index (χ2v) is 1.97. The van der Waals surface area contributed by atoms with Crippen molar-refractivity contribution in [3.05, 3.63) is 23.6 Å². The van der Waals surface area contributed by atoms with Gasteiger partial charge >= 0.3 is 0 Å². The van der Waals surface area contributed by atoms with Gasteiger partial charge in [0.15, 0.2) is 5.88 Å². The zero-order chi connectivity index (χ0) is 7.44. The lowest BCUT2D eigenvalue weighted by Crippen LogP contribution is -2.02. The Hall–Kier alpha value is -0.920. The summed E-state index contributed by atoms with van der Waals surface area (Å²) in [6.45, 7) is 7.47. The van der Waals surface area contributed by atoms with E-state index in [1.165, 1.54) is 0 Å². The molecule has 0 saturated carbocycles. The number of hydrogen-bond donors (Lipinski definition) is 1. The molecule has 0 atom stereocenters. The predicted octanol–water partition coefficient (Wildman–Crippen LogP) is 1.40. The van der Waals surface area contributed by atoms with Crippen LogP contribution in [0, 0.1) is 0 Å². The van der Waals surface area contributed by atoms with E-state index in [0.717, 1.165) is 11.1 Å². The Labute approximate surface area is 56.0 Å². The van der Waals surface area contributed by atoms with E-state index in [4.69, 9.17) is 10.5 Å². The first-order chi connectivity index (χ1) is 4.09. The first kappa shape index (κ1) is 8.08. The third kappa shape index (κ3) is 2.22. The largest absolute Gasteiger partial charge is 0.482 e. The molecule has 0 aliphatic rings. The van der Waals surface area contributed by atoms with Crippen LogP contribution >= 0.6 is 0 Å². The van der Waals surface area contributed by atoms with E-state index in [9.17, 15) is 0 Å². The quantitative estimate of drug-likeness (QED) is 0.449. The highest BCUT2D eigenvalue weighted by molar-refractivity contribution is 5.25. The van der Waals surface area contributed by atoms with Crippen LogP contribution < -0.4 is 5.73 Å². The molecular weight excluding hydrogens is 114 g/mol. The van der Waals surface area contributed by atoms with E-state index >= 15 is 0 Å². The molecule has 0 saturated heterocycles. The summed E-state index contributed by atoms with van der Waals surface area (Å²) >= 11 is 0. The molecule has 0 unspecified atom stereocenters. The van der Waals surface area contributed by atoms with Crippen molar-refractivity contribution in [2.75, 3.05) is 7.11 Å². The predicted molar refractivity (Wildman–Crippen MR) is 38.7 cm³/mol. The number of ether oxygens (including phenoxy) is 1. The molecule has 2 nitrogen and oxygen atoms in total. The standard InChI is InChI=1S/C7H13NO/c1-5(2)6(3)7(8)9-4/h1,8H2,2-4H3/b7-6-. The van der Waals surface area contributed by atoms with Crippen LogP contribution in [0.15, 0.2) is 23.6 Å². The normalized spacial score (nSPS) is 12.3. The molecule has 0 heterocycles. The Morgan fingerprint density at radius 2 is 1.89 bits per heavy atom. The van der Waals surface area contributed by atoms with Crippen LogP contribution in [0.3, 0.4) is 0 Å². The molecule has 0 aromatic carbocycles. The molecule has 0 spiro atoms. The van der Waals surface area contributed by atoms with Gasteiger partial charge < -0.3 is 10.5 Å². The van der Waals surface area contributed by atoms with Crippen LogP contribution in [0.2, 0.25) is 0 Å². The molecule has 2 heteroatoms. The van der Waals surface area contributed by atoms with Crippen molar-refractivity contribution in [3.63, 3.8) is 0 Å². The van der Waals surface area contributed by atoms with E-state index in [1.807, 2.05) is 13.8 Å². The van der Waals surface area contributed by atoms with Crippen molar-refractivity contribution in [1.82, 2.24) is 0 Å². The highest BCUT2D eigenvalue weighted by Crippen LogP contribution is 2.07. The van der Waals surface area contributed by atoms with Crippen LogP contribution in [0.4, 0.5) is 0 Å². The Morgan fingerprint density at radius 1 is 1.44 bits per heavy atom. The lowest BCUT2D eigenvalue weighted by molar-refractivity contribution is 0.283. The van der Waals surface area contributed by atoms with Gasteiger partial charge in [0.25, 0.3) is 0 Å². The van der Waals surface area contributed by atoms with E-state index < -0.39 is 0 Å². The van der Waals surface area contributed by atoms with Gasteiger partial charge in [-0.1, -0.05) is 12.2 Å². The van der Waals surface area contributed by atoms with Crippen LogP contribution in [0.1, 0.15) is 13.8 Å². The third-order valence-electron chi connectivity index (χ3n) is 1.23. The summed E-state index contributed by atoms with van der Waals surface area (Å²) < 4.78 is 4.77. The molecule has 2 N–H and O–H groups in total. The lowest BCUT2D eigenvalue weighted by Gasteiger charge is -2.03. The highest BCUT2D eigenvalue weighted by atomic mass is 16.5. The molecule has 0 bridgehead atoms. The maximum atomic E-state index is 5.41. The highest BCUT2D eigenvalue weighted by Gasteiger charge is 1.95. The van der Waals surface area contributed by atoms with Crippen LogP contribution in [0.25, 0.3) is 0 Å². The van der Waals surface area contributed by atoms with Crippen molar-refractivity contribution in [2.24, 2.45) is 5.73 Å². The summed E-state index contributed by atoms with van der Waals surface area (Å²) in [5, 5.41) is 0. The average Bonchev–Trinajstić information content (AvgIpc) is 1.84. The smallest absolute Gasteiger partial charge is 0.186 e. The number of allylic oxidation sites excluding steroid dienone is 2. The summed E-state index contributed by atoms with van der Waals surface area (Å²) in [6.07, 6.45) is 0. The topological polar surface area (TPSA) is 35.2 Å². The fourth-order valence-electron chi connectivity index (χ4n) is 0.363. The van der Waals surface area contributed by atoms with Crippen molar-refractivity contribution >= 4 is 0 Å². The van der Waals surface area contributed by atoms with Crippen LogP contribution in [-0.2, 0) is 4.74 Å². The Morgan fingerprint density at radius 3 is 2.00 bits per heavy atom. The van der Waals surface area contributed by atoms with Gasteiger partial charge in [0.2, 0.25) is 0 Å². The summed E-state index contributed by atoms with van der Waals surface area (Å²) in [5.41, 5.74) is 7.27. The lowest BCUT2D eigenvalue weighted by atomic mass is 10.2. The van der Waals surface area contributed by atoms with Crippen molar-refractivity contribution in [1.29, 1.82) is 0 Å². The minimum atomic E-state index is 0.447. The molecule has 9 heavy (non-hydrogen) atoms. The number of methoxy groups -OCH3 is 1. The van der Waals surface area contributed by atoms with E-state index in [0.29, 0.717) is 5.88 Å². The molecule has 0 radical (unpaired) electrons. The van der Waals surface area contributed by atoms with Crippen molar-refractivity contribution in [3.8, 4) is 0 Å². The Kier molecular flexibility index (Phi) is 2.85. The van der Waals surface area contributed by atoms with Gasteiger partial charge in [0, 0.05) is 5.57 Å². The molecule has 0 rings (SSSR count). The molecule has 0 fully saturated rings. The van der Waals surface area contributed by atoms with E-state index in [-0.39, 0.29) is 0 Å². The molecule has 0 amide bonds. The van der Waals surface area contributed by atoms with Gasteiger partial charge in [-0.2, -0.15) is 0 Å². The minimum absolute atomic E-state index is 0.447.